The molecule has 1 aromatic carbocycles. The Labute approximate surface area is 148 Å². The first-order valence-corrected chi connectivity index (χ1v) is 8.28. The van der Waals surface area contributed by atoms with E-state index in [9.17, 15) is 28.2 Å². The Morgan fingerprint density at radius 2 is 2.15 bits per heavy atom. The van der Waals surface area contributed by atoms with Gasteiger partial charge in [0.1, 0.15) is 24.6 Å². The average molecular weight is 372 g/mol. The van der Waals surface area contributed by atoms with Crippen molar-refractivity contribution in [3.05, 3.63) is 42.0 Å². The van der Waals surface area contributed by atoms with Crippen LogP contribution in [0.1, 0.15) is 18.4 Å². The Bertz CT molecular complexity index is 688. The lowest BCUT2D eigenvalue weighted by Gasteiger charge is -2.16. The second-order valence-electron chi connectivity index (χ2n) is 6.57. The Morgan fingerprint density at radius 1 is 1.38 bits per heavy atom. The van der Waals surface area contributed by atoms with Crippen LogP contribution in [0.25, 0.3) is 0 Å². The molecular formula is C18H19F3O5. The first-order chi connectivity index (χ1) is 12.2. The van der Waals surface area contributed by atoms with Gasteiger partial charge in [-0.05, 0) is 18.2 Å². The van der Waals surface area contributed by atoms with Gasteiger partial charge < -0.3 is 19.7 Å². The highest BCUT2D eigenvalue weighted by atomic mass is 19.4. The maximum Gasteiger partial charge on any atom is 0.416 e. The SMILES string of the molecule is O=C1C[C@H]2[C@@H](C=C[C@@H](O)COc3cccc(C(F)(F)F)c3)[C@H](O)C[C@H]2O1. The largest absolute Gasteiger partial charge is 0.491 e. The summed E-state index contributed by atoms with van der Waals surface area (Å²) in [6, 6.07) is 4.40. The molecule has 0 amide bonds. The maximum atomic E-state index is 12.7. The molecular weight excluding hydrogens is 353 g/mol. The summed E-state index contributed by atoms with van der Waals surface area (Å²) in [5, 5.41) is 20.0. The summed E-state index contributed by atoms with van der Waals surface area (Å²) in [5.41, 5.74) is -0.828. The van der Waals surface area contributed by atoms with Crippen LogP contribution in [0.4, 0.5) is 13.2 Å². The number of ether oxygens (including phenoxy) is 2. The van der Waals surface area contributed by atoms with E-state index in [2.05, 4.69) is 0 Å². The lowest BCUT2D eigenvalue weighted by Crippen LogP contribution is -2.20. The molecule has 0 radical (unpaired) electrons. The Hall–Kier alpha value is -2.06. The molecule has 8 heteroatoms. The minimum atomic E-state index is -4.46. The molecule has 2 aliphatic rings. The molecule has 0 bridgehead atoms. The van der Waals surface area contributed by atoms with Gasteiger partial charge in [0.15, 0.2) is 0 Å². The van der Waals surface area contributed by atoms with Crippen LogP contribution in [-0.4, -0.2) is 41.1 Å². The fourth-order valence-corrected chi connectivity index (χ4v) is 3.44. The summed E-state index contributed by atoms with van der Waals surface area (Å²) >= 11 is 0. The third-order valence-electron chi connectivity index (χ3n) is 4.71. The van der Waals surface area contributed by atoms with Crippen LogP contribution in [-0.2, 0) is 15.7 Å². The molecule has 2 fully saturated rings. The Balaban J connectivity index is 1.55. The molecule has 5 atom stereocenters. The number of carbonyl (C=O) groups is 1. The quantitative estimate of drug-likeness (QED) is 0.613. The summed E-state index contributed by atoms with van der Waals surface area (Å²) < 4.78 is 48.3. The molecule has 26 heavy (non-hydrogen) atoms. The summed E-state index contributed by atoms with van der Waals surface area (Å²) in [4.78, 5) is 11.3. The van der Waals surface area contributed by atoms with Crippen LogP contribution < -0.4 is 4.74 Å². The molecule has 2 N–H and O–H groups in total. The highest BCUT2D eigenvalue weighted by molar-refractivity contribution is 5.72. The molecule has 0 aromatic heterocycles. The predicted molar refractivity (Wildman–Crippen MR) is 84.2 cm³/mol. The van der Waals surface area contributed by atoms with Gasteiger partial charge in [0.25, 0.3) is 0 Å². The van der Waals surface area contributed by atoms with Crippen molar-refractivity contribution in [2.75, 3.05) is 6.61 Å². The third kappa shape index (κ3) is 4.19. The standard InChI is InChI=1S/C18H19F3O5/c19-18(20,21)10-2-1-3-12(6-10)25-9-11(22)4-5-13-14-7-17(24)26-16(14)8-15(13)23/h1-6,11,13-16,22-23H,7-9H2/t11-,13-,14+,15-,16-/m1/s1. The zero-order valence-corrected chi connectivity index (χ0v) is 13.7. The number of rotatable bonds is 5. The van der Waals surface area contributed by atoms with Gasteiger partial charge in [-0.1, -0.05) is 18.2 Å². The molecule has 1 aliphatic carbocycles. The lowest BCUT2D eigenvalue weighted by atomic mass is 9.91. The monoisotopic (exact) mass is 372 g/mol. The zero-order valence-electron chi connectivity index (χ0n) is 13.7. The van der Waals surface area contributed by atoms with Crippen molar-refractivity contribution in [1.29, 1.82) is 0 Å². The van der Waals surface area contributed by atoms with Crippen LogP contribution in [0.3, 0.4) is 0 Å². The topological polar surface area (TPSA) is 76.0 Å². The molecule has 1 aliphatic heterocycles. The van der Waals surface area contributed by atoms with Gasteiger partial charge in [0, 0.05) is 18.3 Å². The summed E-state index contributed by atoms with van der Waals surface area (Å²) in [6.45, 7) is -0.232. The maximum absolute atomic E-state index is 12.7. The van der Waals surface area contributed by atoms with E-state index in [0.29, 0.717) is 6.42 Å². The molecule has 0 spiro atoms. The van der Waals surface area contributed by atoms with Gasteiger partial charge in [0.2, 0.25) is 0 Å². The molecule has 1 saturated carbocycles. The third-order valence-corrected chi connectivity index (χ3v) is 4.71. The number of fused-ring (bicyclic) bond motifs is 1. The second kappa shape index (κ2) is 7.28. The summed E-state index contributed by atoms with van der Waals surface area (Å²) in [5.74, 6) is -0.721. The molecule has 142 valence electrons. The van der Waals surface area contributed by atoms with Crippen LogP contribution in [0.5, 0.6) is 5.75 Å². The van der Waals surface area contributed by atoms with Gasteiger partial charge in [-0.15, -0.1) is 0 Å². The van der Waals surface area contributed by atoms with Gasteiger partial charge in [0.05, 0.1) is 18.1 Å². The molecule has 3 rings (SSSR count). The van der Waals surface area contributed by atoms with Crippen molar-refractivity contribution in [1.82, 2.24) is 0 Å². The number of carbonyl (C=O) groups excluding carboxylic acids is 1. The highest BCUT2D eigenvalue weighted by Gasteiger charge is 2.48. The fourth-order valence-electron chi connectivity index (χ4n) is 3.44. The van der Waals surface area contributed by atoms with Crippen molar-refractivity contribution in [3.63, 3.8) is 0 Å². The minimum Gasteiger partial charge on any atom is -0.491 e. The number of hydrogen-bond donors (Lipinski definition) is 2. The van der Waals surface area contributed by atoms with Crippen LogP contribution in [0.15, 0.2) is 36.4 Å². The number of hydrogen-bond acceptors (Lipinski definition) is 5. The Kier molecular flexibility index (Phi) is 5.24. The van der Waals surface area contributed by atoms with E-state index in [4.69, 9.17) is 9.47 Å². The second-order valence-corrected chi connectivity index (χ2v) is 6.57. The number of benzene rings is 1. The summed E-state index contributed by atoms with van der Waals surface area (Å²) in [6.07, 6.45) is -2.85. The van der Waals surface area contributed by atoms with Crippen LogP contribution in [0.2, 0.25) is 0 Å². The van der Waals surface area contributed by atoms with Crippen LogP contribution in [0, 0.1) is 11.8 Å². The van der Waals surface area contributed by atoms with Crippen molar-refractivity contribution >= 4 is 5.97 Å². The number of aliphatic hydroxyl groups is 2. The average Bonchev–Trinajstić information content (AvgIpc) is 3.05. The molecule has 1 heterocycles. The van der Waals surface area contributed by atoms with E-state index in [1.807, 2.05) is 0 Å². The molecule has 1 saturated heterocycles. The van der Waals surface area contributed by atoms with Gasteiger partial charge >= 0.3 is 12.1 Å². The smallest absolute Gasteiger partial charge is 0.416 e. The lowest BCUT2D eigenvalue weighted by molar-refractivity contribution is -0.142. The summed E-state index contributed by atoms with van der Waals surface area (Å²) in [7, 11) is 0. The van der Waals surface area contributed by atoms with Crippen molar-refractivity contribution in [2.45, 2.75) is 37.3 Å². The fraction of sp³-hybridized carbons (Fsp3) is 0.500. The van der Waals surface area contributed by atoms with Gasteiger partial charge in [-0.2, -0.15) is 13.2 Å². The van der Waals surface area contributed by atoms with Gasteiger partial charge in [-0.3, -0.25) is 4.79 Å². The highest BCUT2D eigenvalue weighted by Crippen LogP contribution is 2.42. The zero-order chi connectivity index (χ0) is 18.9. The molecule has 5 nitrogen and oxygen atoms in total. The van der Waals surface area contributed by atoms with E-state index in [-0.39, 0.29) is 42.7 Å². The molecule has 0 unspecified atom stereocenters. The number of alkyl halides is 3. The van der Waals surface area contributed by atoms with E-state index in [0.717, 1.165) is 12.1 Å². The van der Waals surface area contributed by atoms with Crippen molar-refractivity contribution < 1.29 is 37.7 Å². The van der Waals surface area contributed by atoms with E-state index >= 15 is 0 Å². The van der Waals surface area contributed by atoms with Crippen LogP contribution >= 0.6 is 0 Å². The Morgan fingerprint density at radius 3 is 2.88 bits per heavy atom. The van der Waals surface area contributed by atoms with E-state index in [1.54, 1.807) is 6.08 Å². The van der Waals surface area contributed by atoms with Crippen molar-refractivity contribution in [3.8, 4) is 5.75 Å². The minimum absolute atomic E-state index is 0.00281. The number of esters is 1. The number of aliphatic hydroxyl groups excluding tert-OH is 2. The van der Waals surface area contributed by atoms with Gasteiger partial charge in [-0.25, -0.2) is 0 Å². The van der Waals surface area contributed by atoms with E-state index < -0.39 is 23.9 Å². The van der Waals surface area contributed by atoms with E-state index in [1.165, 1.54) is 18.2 Å². The van der Waals surface area contributed by atoms with Crippen molar-refractivity contribution in [2.24, 2.45) is 11.8 Å². The number of halogens is 3. The first kappa shape index (κ1) is 18.7. The normalized spacial score (nSPS) is 29.7. The molecule has 1 aromatic rings. The first-order valence-electron chi connectivity index (χ1n) is 8.28. The predicted octanol–water partition coefficient (Wildman–Crippen LogP) is 2.31.